The largest absolute Gasteiger partial charge is 0.336 e. The minimum atomic E-state index is -0.557. The van der Waals surface area contributed by atoms with Crippen molar-refractivity contribution in [2.75, 3.05) is 19.6 Å². The SMILES string of the molecule is Cc1nn(C)c(C)c1C(=O)N1CCCN2C(=O)N(C3CCCCC3)C(=O)C2C1. The van der Waals surface area contributed by atoms with Gasteiger partial charge in [0.05, 0.1) is 17.8 Å². The molecule has 1 atom stereocenters. The fourth-order valence-corrected chi connectivity index (χ4v) is 4.92. The molecule has 8 heteroatoms. The number of carbonyl (C=O) groups is 3. The van der Waals surface area contributed by atoms with Crippen molar-refractivity contribution in [1.29, 1.82) is 0 Å². The summed E-state index contributed by atoms with van der Waals surface area (Å²) in [5, 5.41) is 4.35. The van der Waals surface area contributed by atoms with E-state index in [-0.39, 0.29) is 30.4 Å². The van der Waals surface area contributed by atoms with Gasteiger partial charge in [-0.25, -0.2) is 4.79 Å². The lowest BCUT2D eigenvalue weighted by Crippen LogP contribution is -2.45. The highest BCUT2D eigenvalue weighted by Gasteiger charge is 2.49. The van der Waals surface area contributed by atoms with Gasteiger partial charge in [0.25, 0.3) is 11.8 Å². The molecule has 0 aromatic carbocycles. The number of aryl methyl sites for hydroxylation is 2. The monoisotopic (exact) mass is 387 g/mol. The standard InChI is InChI=1S/C20H29N5O3/c1-13-17(14(2)22(3)21-13)19(27)23-10-7-11-24-16(12-23)18(26)25(20(24)28)15-8-5-4-6-9-15/h15-16H,4-12H2,1-3H3. The summed E-state index contributed by atoms with van der Waals surface area (Å²) in [6.45, 7) is 5.04. The number of aromatic nitrogens is 2. The highest BCUT2D eigenvalue weighted by molar-refractivity contribution is 6.05. The van der Waals surface area contributed by atoms with E-state index in [9.17, 15) is 14.4 Å². The van der Waals surface area contributed by atoms with Crippen LogP contribution in [-0.4, -0.2) is 74.0 Å². The fraction of sp³-hybridized carbons (Fsp3) is 0.700. The Labute approximate surface area is 165 Å². The number of urea groups is 1. The molecule has 3 heterocycles. The molecule has 1 saturated carbocycles. The van der Waals surface area contributed by atoms with Gasteiger partial charge >= 0.3 is 6.03 Å². The predicted octanol–water partition coefficient (Wildman–Crippen LogP) is 1.85. The van der Waals surface area contributed by atoms with Crippen molar-refractivity contribution < 1.29 is 14.4 Å². The number of imide groups is 1. The van der Waals surface area contributed by atoms with E-state index in [1.54, 1.807) is 14.5 Å². The Bertz CT molecular complexity index is 811. The van der Waals surface area contributed by atoms with Crippen molar-refractivity contribution >= 4 is 17.8 Å². The summed E-state index contributed by atoms with van der Waals surface area (Å²) in [7, 11) is 1.82. The summed E-state index contributed by atoms with van der Waals surface area (Å²) in [5.41, 5.74) is 2.13. The number of rotatable bonds is 2. The number of carbonyl (C=O) groups excluding carboxylic acids is 3. The molecular weight excluding hydrogens is 358 g/mol. The zero-order valence-electron chi connectivity index (χ0n) is 17.0. The summed E-state index contributed by atoms with van der Waals surface area (Å²) >= 11 is 0. The predicted molar refractivity (Wildman–Crippen MR) is 103 cm³/mol. The molecule has 1 unspecified atom stereocenters. The second-order valence-corrected chi connectivity index (χ2v) is 8.27. The third-order valence-corrected chi connectivity index (χ3v) is 6.52. The van der Waals surface area contributed by atoms with Gasteiger partial charge in [0.2, 0.25) is 0 Å². The number of amides is 4. The van der Waals surface area contributed by atoms with Gasteiger partial charge in [-0.15, -0.1) is 0 Å². The average molecular weight is 387 g/mol. The molecule has 0 spiro atoms. The van der Waals surface area contributed by atoms with Gasteiger partial charge in [0, 0.05) is 31.9 Å². The first-order valence-electron chi connectivity index (χ1n) is 10.3. The van der Waals surface area contributed by atoms with E-state index in [1.807, 2.05) is 20.9 Å². The van der Waals surface area contributed by atoms with E-state index < -0.39 is 6.04 Å². The minimum Gasteiger partial charge on any atom is -0.336 e. The molecule has 8 nitrogen and oxygen atoms in total. The van der Waals surface area contributed by atoms with Crippen LogP contribution in [0.25, 0.3) is 0 Å². The molecule has 2 aliphatic heterocycles. The van der Waals surface area contributed by atoms with Gasteiger partial charge in [0.1, 0.15) is 6.04 Å². The van der Waals surface area contributed by atoms with Crippen molar-refractivity contribution in [3.8, 4) is 0 Å². The summed E-state index contributed by atoms with van der Waals surface area (Å²) in [6, 6.07) is -0.698. The molecule has 0 N–H and O–H groups in total. The second kappa shape index (κ2) is 7.22. The highest BCUT2D eigenvalue weighted by Crippen LogP contribution is 2.30. The van der Waals surface area contributed by atoms with E-state index in [4.69, 9.17) is 0 Å². The molecule has 152 valence electrons. The van der Waals surface area contributed by atoms with Gasteiger partial charge in [0.15, 0.2) is 0 Å². The Morgan fingerprint density at radius 2 is 1.75 bits per heavy atom. The minimum absolute atomic E-state index is 0.0210. The topological polar surface area (TPSA) is 78.8 Å². The molecule has 4 amide bonds. The molecule has 28 heavy (non-hydrogen) atoms. The van der Waals surface area contributed by atoms with E-state index in [0.29, 0.717) is 30.8 Å². The maximum atomic E-state index is 13.2. The average Bonchev–Trinajstić information content (AvgIpc) is 2.96. The second-order valence-electron chi connectivity index (χ2n) is 8.27. The Morgan fingerprint density at radius 1 is 1.04 bits per heavy atom. The van der Waals surface area contributed by atoms with E-state index >= 15 is 0 Å². The van der Waals surface area contributed by atoms with Crippen LogP contribution >= 0.6 is 0 Å². The Balaban J connectivity index is 1.56. The molecule has 3 fully saturated rings. The number of nitrogens with zero attached hydrogens (tertiary/aromatic N) is 5. The van der Waals surface area contributed by atoms with Crippen LogP contribution in [0, 0.1) is 13.8 Å². The van der Waals surface area contributed by atoms with Gasteiger partial charge in [-0.2, -0.15) is 5.10 Å². The lowest BCUT2D eigenvalue weighted by Gasteiger charge is -2.29. The first-order chi connectivity index (χ1) is 13.4. The molecule has 2 saturated heterocycles. The molecule has 1 aromatic rings. The fourth-order valence-electron chi connectivity index (χ4n) is 4.92. The maximum absolute atomic E-state index is 13.2. The van der Waals surface area contributed by atoms with Crippen LogP contribution in [0.5, 0.6) is 0 Å². The van der Waals surface area contributed by atoms with Crippen LogP contribution in [0.4, 0.5) is 4.79 Å². The molecule has 0 bridgehead atoms. The maximum Gasteiger partial charge on any atom is 0.327 e. The third kappa shape index (κ3) is 2.99. The van der Waals surface area contributed by atoms with Crippen molar-refractivity contribution in [2.24, 2.45) is 7.05 Å². The number of hydrogen-bond donors (Lipinski definition) is 0. The molecule has 4 rings (SSSR count). The van der Waals surface area contributed by atoms with Gasteiger partial charge in [-0.1, -0.05) is 19.3 Å². The van der Waals surface area contributed by atoms with Crippen molar-refractivity contribution in [1.82, 2.24) is 24.5 Å². The van der Waals surface area contributed by atoms with Crippen molar-refractivity contribution in [3.63, 3.8) is 0 Å². The third-order valence-electron chi connectivity index (χ3n) is 6.52. The van der Waals surface area contributed by atoms with Crippen LogP contribution in [0.15, 0.2) is 0 Å². The molecule has 0 radical (unpaired) electrons. The van der Waals surface area contributed by atoms with Gasteiger partial charge in [-0.05, 0) is 33.1 Å². The summed E-state index contributed by atoms with van der Waals surface area (Å²) in [4.78, 5) is 44.3. The van der Waals surface area contributed by atoms with E-state index in [1.165, 1.54) is 11.3 Å². The Morgan fingerprint density at radius 3 is 2.39 bits per heavy atom. The van der Waals surface area contributed by atoms with Crippen LogP contribution < -0.4 is 0 Å². The molecule has 1 aliphatic carbocycles. The summed E-state index contributed by atoms with van der Waals surface area (Å²) in [6.07, 6.45) is 5.78. The van der Waals surface area contributed by atoms with E-state index in [2.05, 4.69) is 5.10 Å². The molecular formula is C20H29N5O3. The van der Waals surface area contributed by atoms with Crippen LogP contribution in [-0.2, 0) is 11.8 Å². The van der Waals surface area contributed by atoms with Crippen LogP contribution in [0.3, 0.4) is 0 Å². The summed E-state index contributed by atoms with van der Waals surface area (Å²) < 4.78 is 1.71. The number of fused-ring (bicyclic) bond motifs is 1. The Kier molecular flexibility index (Phi) is 4.89. The molecule has 1 aromatic heterocycles. The number of hydrogen-bond acceptors (Lipinski definition) is 4. The lowest BCUT2D eigenvalue weighted by atomic mass is 9.94. The van der Waals surface area contributed by atoms with Crippen LogP contribution in [0.2, 0.25) is 0 Å². The van der Waals surface area contributed by atoms with Gasteiger partial charge < -0.3 is 9.80 Å². The van der Waals surface area contributed by atoms with Crippen molar-refractivity contribution in [3.05, 3.63) is 17.0 Å². The zero-order chi connectivity index (χ0) is 20.0. The van der Waals surface area contributed by atoms with Gasteiger partial charge in [-0.3, -0.25) is 19.2 Å². The Hall–Kier alpha value is -2.38. The smallest absolute Gasteiger partial charge is 0.327 e. The first kappa shape index (κ1) is 19.0. The van der Waals surface area contributed by atoms with E-state index in [0.717, 1.165) is 31.4 Å². The quantitative estimate of drug-likeness (QED) is 0.726. The van der Waals surface area contributed by atoms with Crippen molar-refractivity contribution in [2.45, 2.75) is 64.5 Å². The highest BCUT2D eigenvalue weighted by atomic mass is 16.2. The normalized spacial score (nSPS) is 24.0. The first-order valence-corrected chi connectivity index (χ1v) is 10.3. The summed E-state index contributed by atoms with van der Waals surface area (Å²) in [5.74, 6) is -0.224. The van der Waals surface area contributed by atoms with Crippen LogP contribution in [0.1, 0.15) is 60.3 Å². The lowest BCUT2D eigenvalue weighted by molar-refractivity contribution is -0.130. The molecule has 3 aliphatic rings. The zero-order valence-corrected chi connectivity index (χ0v) is 17.0.